The van der Waals surface area contributed by atoms with Crippen LogP contribution in [0.5, 0.6) is 0 Å². The molecule has 2 N–H and O–H groups in total. The number of aryl methyl sites for hydroxylation is 2. The molecular weight excluding hydrogens is 324 g/mol. The molecule has 2 aromatic heterocycles. The second-order valence-corrected chi connectivity index (χ2v) is 5.61. The summed E-state index contributed by atoms with van der Waals surface area (Å²) in [6.07, 6.45) is 0. The second-order valence-electron chi connectivity index (χ2n) is 5.61. The van der Waals surface area contributed by atoms with E-state index in [1.54, 1.807) is 32.0 Å². The van der Waals surface area contributed by atoms with Gasteiger partial charge in [0.25, 0.3) is 11.2 Å². The number of anilines is 2. The smallest absolute Gasteiger partial charge is 0.269 e. The van der Waals surface area contributed by atoms with Crippen molar-refractivity contribution in [2.75, 3.05) is 5.32 Å². The first-order chi connectivity index (χ1) is 11.8. The lowest BCUT2D eigenvalue weighted by atomic mass is 10.3. The van der Waals surface area contributed by atoms with Gasteiger partial charge < -0.3 is 5.32 Å². The van der Waals surface area contributed by atoms with Crippen molar-refractivity contribution in [1.82, 2.24) is 19.7 Å². The molecule has 0 radical (unpaired) electrons. The zero-order valence-electron chi connectivity index (χ0n) is 13.9. The highest BCUT2D eigenvalue weighted by molar-refractivity contribution is 5.59. The van der Waals surface area contributed by atoms with E-state index in [-0.39, 0.29) is 11.2 Å². The van der Waals surface area contributed by atoms with Gasteiger partial charge in [0, 0.05) is 35.1 Å². The van der Waals surface area contributed by atoms with E-state index in [0.29, 0.717) is 28.7 Å². The molecule has 0 unspecified atom stereocenters. The number of non-ortho nitro benzene ring substituents is 1. The normalized spacial score (nSPS) is 10.7. The molecule has 2 heterocycles. The predicted molar refractivity (Wildman–Crippen MR) is 92.6 cm³/mol. The number of H-pyrrole nitrogens is 1. The van der Waals surface area contributed by atoms with Crippen molar-refractivity contribution >= 4 is 17.2 Å². The number of aromatic amines is 1. The summed E-state index contributed by atoms with van der Waals surface area (Å²) in [7, 11) is 0. The van der Waals surface area contributed by atoms with Crippen molar-refractivity contribution in [1.29, 1.82) is 0 Å². The van der Waals surface area contributed by atoms with E-state index >= 15 is 0 Å². The number of hydrogen-bond donors (Lipinski definition) is 2. The van der Waals surface area contributed by atoms with Crippen LogP contribution in [0.1, 0.15) is 17.0 Å². The first-order valence-electron chi connectivity index (χ1n) is 7.51. The molecule has 3 rings (SSSR count). The Kier molecular flexibility index (Phi) is 4.05. The van der Waals surface area contributed by atoms with Gasteiger partial charge in [-0.05, 0) is 32.9 Å². The molecule has 0 aliphatic carbocycles. The Morgan fingerprint density at radius 2 is 1.88 bits per heavy atom. The molecule has 0 spiro atoms. The highest BCUT2D eigenvalue weighted by atomic mass is 16.6. The Balaban J connectivity index is 1.99. The monoisotopic (exact) mass is 340 g/mol. The van der Waals surface area contributed by atoms with Crippen LogP contribution in [0.3, 0.4) is 0 Å². The molecule has 0 aliphatic rings. The van der Waals surface area contributed by atoms with Crippen molar-refractivity contribution in [3.8, 4) is 5.95 Å². The van der Waals surface area contributed by atoms with Crippen LogP contribution in [0.25, 0.3) is 5.95 Å². The van der Waals surface area contributed by atoms with Gasteiger partial charge in [0.2, 0.25) is 5.95 Å². The molecule has 0 bridgehead atoms. The second kappa shape index (κ2) is 6.19. The average molecular weight is 340 g/mol. The van der Waals surface area contributed by atoms with Crippen molar-refractivity contribution in [3.63, 3.8) is 0 Å². The Bertz CT molecular complexity index is 1000. The first kappa shape index (κ1) is 16.4. The standard InChI is InChI=1S/C16H16N6O3/c1-9-8-14(18-12-4-6-13(7-5-12)22(24)25)21(20-9)16-17-11(3)10(2)15(23)19-16/h4-8,18H,1-3H3,(H,17,19,23). The Hall–Kier alpha value is -3.49. The van der Waals surface area contributed by atoms with Crippen LogP contribution in [0.2, 0.25) is 0 Å². The maximum atomic E-state index is 12.0. The van der Waals surface area contributed by atoms with Gasteiger partial charge in [0.1, 0.15) is 5.82 Å². The third-order valence-electron chi connectivity index (χ3n) is 3.76. The van der Waals surface area contributed by atoms with Crippen LogP contribution < -0.4 is 10.9 Å². The lowest BCUT2D eigenvalue weighted by molar-refractivity contribution is -0.384. The van der Waals surface area contributed by atoms with Gasteiger partial charge in [0.05, 0.1) is 10.6 Å². The number of nitro groups is 1. The summed E-state index contributed by atoms with van der Waals surface area (Å²) in [5.74, 6) is 0.878. The lowest BCUT2D eigenvalue weighted by Gasteiger charge is -2.10. The van der Waals surface area contributed by atoms with Crippen LogP contribution in [-0.4, -0.2) is 24.7 Å². The Labute approximate surface area is 142 Å². The summed E-state index contributed by atoms with van der Waals surface area (Å²) in [4.78, 5) is 29.3. The largest absolute Gasteiger partial charge is 0.340 e. The molecule has 9 nitrogen and oxygen atoms in total. The number of benzene rings is 1. The van der Waals surface area contributed by atoms with E-state index in [9.17, 15) is 14.9 Å². The fourth-order valence-electron chi connectivity index (χ4n) is 2.29. The summed E-state index contributed by atoms with van der Waals surface area (Å²) >= 11 is 0. The van der Waals surface area contributed by atoms with Gasteiger partial charge in [-0.15, -0.1) is 0 Å². The van der Waals surface area contributed by atoms with Gasteiger partial charge in [-0.3, -0.25) is 19.9 Å². The molecule has 0 atom stereocenters. The molecule has 25 heavy (non-hydrogen) atoms. The van der Waals surface area contributed by atoms with Crippen LogP contribution in [-0.2, 0) is 0 Å². The van der Waals surface area contributed by atoms with Crippen LogP contribution in [0, 0.1) is 30.9 Å². The van der Waals surface area contributed by atoms with E-state index in [4.69, 9.17) is 0 Å². The molecule has 0 saturated heterocycles. The first-order valence-corrected chi connectivity index (χ1v) is 7.51. The van der Waals surface area contributed by atoms with Crippen molar-refractivity contribution in [2.24, 2.45) is 0 Å². The molecule has 0 fully saturated rings. The maximum absolute atomic E-state index is 12.0. The third-order valence-corrected chi connectivity index (χ3v) is 3.76. The highest BCUT2D eigenvalue weighted by Crippen LogP contribution is 2.22. The molecule has 0 aliphatic heterocycles. The molecule has 3 aromatic rings. The van der Waals surface area contributed by atoms with E-state index in [0.717, 1.165) is 5.69 Å². The van der Waals surface area contributed by atoms with Crippen LogP contribution in [0.4, 0.5) is 17.2 Å². The summed E-state index contributed by atoms with van der Waals surface area (Å²) < 4.78 is 1.49. The number of rotatable bonds is 4. The minimum absolute atomic E-state index is 0.00962. The Morgan fingerprint density at radius 1 is 1.20 bits per heavy atom. The minimum atomic E-state index is -0.456. The fraction of sp³-hybridized carbons (Fsp3) is 0.188. The maximum Gasteiger partial charge on any atom is 0.269 e. The molecule has 128 valence electrons. The Morgan fingerprint density at radius 3 is 2.48 bits per heavy atom. The van der Waals surface area contributed by atoms with E-state index in [2.05, 4.69) is 20.4 Å². The molecule has 0 amide bonds. The topological polar surface area (TPSA) is 119 Å². The van der Waals surface area contributed by atoms with Gasteiger partial charge in [-0.25, -0.2) is 4.98 Å². The number of aromatic nitrogens is 4. The predicted octanol–water partition coefficient (Wildman–Crippen LogP) is 2.53. The van der Waals surface area contributed by atoms with Crippen molar-refractivity contribution in [2.45, 2.75) is 20.8 Å². The lowest BCUT2D eigenvalue weighted by Crippen LogP contribution is -2.18. The number of nitrogens with one attached hydrogen (secondary N) is 2. The summed E-state index contributed by atoms with van der Waals surface area (Å²) in [6.45, 7) is 5.28. The van der Waals surface area contributed by atoms with Crippen LogP contribution >= 0.6 is 0 Å². The van der Waals surface area contributed by atoms with Crippen LogP contribution in [0.15, 0.2) is 35.1 Å². The van der Waals surface area contributed by atoms with Gasteiger partial charge in [0.15, 0.2) is 0 Å². The number of nitrogens with zero attached hydrogens (tertiary/aromatic N) is 4. The van der Waals surface area contributed by atoms with E-state index in [1.807, 2.05) is 6.92 Å². The number of hydrogen-bond acceptors (Lipinski definition) is 6. The van der Waals surface area contributed by atoms with E-state index in [1.165, 1.54) is 16.8 Å². The highest BCUT2D eigenvalue weighted by Gasteiger charge is 2.13. The zero-order valence-corrected chi connectivity index (χ0v) is 13.9. The van der Waals surface area contributed by atoms with E-state index < -0.39 is 4.92 Å². The SMILES string of the molecule is Cc1cc(Nc2ccc([N+](=O)[O-])cc2)n(-c2nc(C)c(C)c(=O)[nH]2)n1. The van der Waals surface area contributed by atoms with Gasteiger partial charge in [-0.1, -0.05) is 0 Å². The molecule has 1 aromatic carbocycles. The molecule has 0 saturated carbocycles. The quantitative estimate of drug-likeness (QED) is 0.556. The van der Waals surface area contributed by atoms with Gasteiger partial charge >= 0.3 is 0 Å². The third kappa shape index (κ3) is 3.25. The summed E-state index contributed by atoms with van der Waals surface area (Å²) in [6, 6.07) is 7.80. The fourth-order valence-corrected chi connectivity index (χ4v) is 2.29. The van der Waals surface area contributed by atoms with Crippen molar-refractivity contribution < 1.29 is 4.92 Å². The summed E-state index contributed by atoms with van der Waals surface area (Å²) in [5, 5.41) is 18.2. The zero-order chi connectivity index (χ0) is 18.1. The minimum Gasteiger partial charge on any atom is -0.340 e. The summed E-state index contributed by atoms with van der Waals surface area (Å²) in [5.41, 5.74) is 2.33. The number of nitro benzene ring substituents is 1. The molecular formula is C16H16N6O3. The van der Waals surface area contributed by atoms with Gasteiger partial charge in [-0.2, -0.15) is 9.78 Å². The van der Waals surface area contributed by atoms with Crippen molar-refractivity contribution in [3.05, 3.63) is 67.8 Å². The molecule has 9 heteroatoms. The average Bonchev–Trinajstić information content (AvgIpc) is 2.93.